The Morgan fingerprint density at radius 2 is 1.68 bits per heavy atom. The summed E-state index contributed by atoms with van der Waals surface area (Å²) in [5.74, 6) is -0.787. The van der Waals surface area contributed by atoms with Crippen LogP contribution in [0.1, 0.15) is 33.2 Å². The zero-order valence-corrected chi connectivity index (χ0v) is 19.0. The van der Waals surface area contributed by atoms with E-state index in [4.69, 9.17) is 21.1 Å². The van der Waals surface area contributed by atoms with Crippen LogP contribution in [0.25, 0.3) is 0 Å². The molecule has 0 atom stereocenters. The fourth-order valence-corrected chi connectivity index (χ4v) is 2.90. The van der Waals surface area contributed by atoms with Gasteiger partial charge in [-0.1, -0.05) is 29.8 Å². The van der Waals surface area contributed by atoms with Crippen LogP contribution in [0.5, 0.6) is 11.5 Å². The van der Waals surface area contributed by atoms with E-state index < -0.39 is 17.8 Å². The number of ether oxygens (including phenoxy) is 2. The molecule has 0 saturated heterocycles. The number of hydrogen-bond donors (Lipinski definition) is 2. The summed E-state index contributed by atoms with van der Waals surface area (Å²) in [4.78, 5) is 36.3. The van der Waals surface area contributed by atoms with Gasteiger partial charge in [-0.15, -0.1) is 0 Å². The van der Waals surface area contributed by atoms with Crippen LogP contribution < -0.4 is 20.2 Å². The number of amides is 2. The van der Waals surface area contributed by atoms with Crippen molar-refractivity contribution in [1.82, 2.24) is 10.7 Å². The first-order valence-electron chi connectivity index (χ1n) is 10.4. The quantitative estimate of drug-likeness (QED) is 0.210. The zero-order valence-electron chi connectivity index (χ0n) is 18.3. The Hall–Kier alpha value is -4.17. The molecule has 174 valence electrons. The van der Waals surface area contributed by atoms with Crippen LogP contribution in [-0.2, 0) is 4.79 Å². The van der Waals surface area contributed by atoms with Crippen LogP contribution in [0.15, 0.2) is 77.9 Å². The lowest BCUT2D eigenvalue weighted by Crippen LogP contribution is -2.34. The Labute approximate surface area is 201 Å². The zero-order chi connectivity index (χ0) is 24.3. The number of benzene rings is 3. The van der Waals surface area contributed by atoms with Crippen LogP contribution in [0.4, 0.5) is 0 Å². The molecule has 3 aromatic carbocycles. The van der Waals surface area contributed by atoms with Crippen molar-refractivity contribution in [3.8, 4) is 11.5 Å². The van der Waals surface area contributed by atoms with Crippen molar-refractivity contribution >= 4 is 35.6 Å². The summed E-state index contributed by atoms with van der Waals surface area (Å²) in [5.41, 5.74) is 3.74. The lowest BCUT2D eigenvalue weighted by atomic mass is 10.2. The molecule has 0 aromatic heterocycles. The van der Waals surface area contributed by atoms with Gasteiger partial charge in [0.2, 0.25) is 0 Å². The van der Waals surface area contributed by atoms with Crippen molar-refractivity contribution in [2.24, 2.45) is 5.10 Å². The Morgan fingerprint density at radius 1 is 0.941 bits per heavy atom. The molecule has 0 spiro atoms. The first-order valence-corrected chi connectivity index (χ1v) is 10.7. The van der Waals surface area contributed by atoms with Gasteiger partial charge in [-0.2, -0.15) is 5.10 Å². The number of nitrogens with zero attached hydrogens (tertiary/aromatic N) is 1. The van der Waals surface area contributed by atoms with Crippen molar-refractivity contribution in [1.29, 1.82) is 0 Å². The highest BCUT2D eigenvalue weighted by Gasteiger charge is 2.13. The number of nitrogens with one attached hydrogen (secondary N) is 2. The molecule has 34 heavy (non-hydrogen) atoms. The number of esters is 1. The first kappa shape index (κ1) is 24.5. The van der Waals surface area contributed by atoms with Crippen molar-refractivity contribution in [3.05, 3.63) is 94.5 Å². The SMILES string of the molecule is CCOc1cc(/C=N/NC(=O)CNC(=O)c2ccc(Cl)cc2)ccc1OC(=O)c1ccccc1. The Morgan fingerprint density at radius 3 is 2.38 bits per heavy atom. The van der Waals surface area contributed by atoms with E-state index in [1.165, 1.54) is 6.21 Å². The molecule has 2 N–H and O–H groups in total. The molecule has 0 saturated carbocycles. The average Bonchev–Trinajstić information content (AvgIpc) is 2.85. The summed E-state index contributed by atoms with van der Waals surface area (Å²) < 4.78 is 11.0. The Bertz CT molecular complexity index is 1180. The second-order valence-electron chi connectivity index (χ2n) is 6.88. The number of hydrazone groups is 1. The van der Waals surface area contributed by atoms with Gasteiger partial charge in [-0.25, -0.2) is 10.2 Å². The summed E-state index contributed by atoms with van der Waals surface area (Å²) in [6, 6.07) is 19.8. The highest BCUT2D eigenvalue weighted by molar-refractivity contribution is 6.30. The highest BCUT2D eigenvalue weighted by Crippen LogP contribution is 2.29. The van der Waals surface area contributed by atoms with Crippen molar-refractivity contribution in [3.63, 3.8) is 0 Å². The van der Waals surface area contributed by atoms with Crippen molar-refractivity contribution in [2.75, 3.05) is 13.2 Å². The van der Waals surface area contributed by atoms with Gasteiger partial charge in [0.05, 0.1) is 24.9 Å². The summed E-state index contributed by atoms with van der Waals surface area (Å²) in [7, 11) is 0. The van der Waals surface area contributed by atoms with Gasteiger partial charge in [0, 0.05) is 10.6 Å². The second-order valence-corrected chi connectivity index (χ2v) is 7.31. The van der Waals surface area contributed by atoms with E-state index >= 15 is 0 Å². The lowest BCUT2D eigenvalue weighted by Gasteiger charge is -2.11. The van der Waals surface area contributed by atoms with Crippen molar-refractivity contribution < 1.29 is 23.9 Å². The standard InChI is InChI=1S/C25H22ClN3O5/c1-2-33-22-14-17(8-13-21(22)34-25(32)19-6-4-3-5-7-19)15-28-29-23(30)16-27-24(31)18-9-11-20(26)12-10-18/h3-15H,2,16H2,1H3,(H,27,31)(H,29,30)/b28-15+. The highest BCUT2D eigenvalue weighted by atomic mass is 35.5. The number of rotatable bonds is 9. The minimum absolute atomic E-state index is 0.253. The number of hydrogen-bond acceptors (Lipinski definition) is 6. The Balaban J connectivity index is 1.55. The molecule has 0 bridgehead atoms. The van der Waals surface area contributed by atoms with Crippen LogP contribution >= 0.6 is 11.6 Å². The first-order chi connectivity index (χ1) is 16.5. The van der Waals surface area contributed by atoms with Gasteiger partial charge < -0.3 is 14.8 Å². The molecule has 0 aliphatic heterocycles. The third-order valence-electron chi connectivity index (χ3n) is 4.40. The lowest BCUT2D eigenvalue weighted by molar-refractivity contribution is -0.120. The fraction of sp³-hybridized carbons (Fsp3) is 0.120. The molecule has 0 unspecified atom stereocenters. The van der Waals surface area contributed by atoms with Gasteiger partial charge in [-0.3, -0.25) is 9.59 Å². The molecular formula is C25H22ClN3O5. The largest absolute Gasteiger partial charge is 0.490 e. The summed E-state index contributed by atoms with van der Waals surface area (Å²) in [6.07, 6.45) is 1.41. The molecular weight excluding hydrogens is 458 g/mol. The fourth-order valence-electron chi connectivity index (χ4n) is 2.77. The molecule has 0 fully saturated rings. The predicted octanol–water partition coefficient (Wildman–Crippen LogP) is 3.84. The van der Waals surface area contributed by atoms with E-state index in [2.05, 4.69) is 15.8 Å². The molecule has 9 heteroatoms. The molecule has 0 radical (unpaired) electrons. The minimum Gasteiger partial charge on any atom is -0.490 e. The number of halogens is 1. The topological polar surface area (TPSA) is 106 Å². The molecule has 3 aromatic rings. The van der Waals surface area contributed by atoms with Crippen molar-refractivity contribution in [2.45, 2.75) is 6.92 Å². The monoisotopic (exact) mass is 479 g/mol. The number of carbonyl (C=O) groups excluding carboxylic acids is 3. The average molecular weight is 480 g/mol. The maximum Gasteiger partial charge on any atom is 0.343 e. The van der Waals surface area contributed by atoms with E-state index in [1.54, 1.807) is 66.7 Å². The molecule has 0 aliphatic rings. The van der Waals surface area contributed by atoms with Crippen LogP contribution in [0, 0.1) is 0 Å². The van der Waals surface area contributed by atoms with E-state index in [0.29, 0.717) is 34.1 Å². The predicted molar refractivity (Wildman–Crippen MR) is 129 cm³/mol. The Kier molecular flexibility index (Phi) is 8.76. The molecule has 3 rings (SSSR count). The second kappa shape index (κ2) is 12.2. The third-order valence-corrected chi connectivity index (χ3v) is 4.65. The van der Waals surface area contributed by atoms with E-state index in [-0.39, 0.29) is 12.3 Å². The number of carbonyl (C=O) groups is 3. The van der Waals surface area contributed by atoms with Crippen LogP contribution in [0.3, 0.4) is 0 Å². The van der Waals surface area contributed by atoms with Gasteiger partial charge in [0.25, 0.3) is 11.8 Å². The maximum absolute atomic E-state index is 12.3. The van der Waals surface area contributed by atoms with Gasteiger partial charge >= 0.3 is 5.97 Å². The maximum atomic E-state index is 12.3. The molecule has 0 heterocycles. The third kappa shape index (κ3) is 7.18. The van der Waals surface area contributed by atoms with Gasteiger partial charge in [-0.05, 0) is 67.1 Å². The van der Waals surface area contributed by atoms with Gasteiger partial charge in [0.15, 0.2) is 11.5 Å². The molecule has 0 aliphatic carbocycles. The normalized spacial score (nSPS) is 10.5. The minimum atomic E-state index is -0.504. The molecule has 8 nitrogen and oxygen atoms in total. The van der Waals surface area contributed by atoms with Crippen LogP contribution in [-0.4, -0.2) is 37.1 Å². The van der Waals surface area contributed by atoms with Gasteiger partial charge in [0.1, 0.15) is 0 Å². The van der Waals surface area contributed by atoms with E-state index in [0.717, 1.165) is 0 Å². The van der Waals surface area contributed by atoms with Crippen LogP contribution in [0.2, 0.25) is 5.02 Å². The van der Waals surface area contributed by atoms with E-state index in [9.17, 15) is 14.4 Å². The summed E-state index contributed by atoms with van der Waals surface area (Å²) in [5, 5.41) is 6.89. The summed E-state index contributed by atoms with van der Waals surface area (Å²) in [6.45, 7) is 1.92. The summed E-state index contributed by atoms with van der Waals surface area (Å²) >= 11 is 5.79. The molecule has 2 amide bonds. The smallest absolute Gasteiger partial charge is 0.343 e. The van der Waals surface area contributed by atoms with E-state index in [1.807, 2.05) is 13.0 Å².